The Morgan fingerprint density at radius 1 is 0.800 bits per heavy atom. The van der Waals surface area contributed by atoms with Crippen molar-refractivity contribution in [2.75, 3.05) is 26.2 Å². The smallest absolute Gasteiger partial charge is 0.254 e. The summed E-state index contributed by atoms with van der Waals surface area (Å²) in [6, 6.07) is 11.0. The van der Waals surface area contributed by atoms with E-state index in [1.807, 2.05) is 12.1 Å². The Kier molecular flexibility index (Phi) is 4.94. The maximum atomic E-state index is 12.5. The summed E-state index contributed by atoms with van der Waals surface area (Å²) < 4.78 is 0.843. The lowest BCUT2D eigenvalue weighted by Gasteiger charge is -2.35. The summed E-state index contributed by atoms with van der Waals surface area (Å²) >= 11 is 3.36. The number of amides is 2. The predicted octanol–water partition coefficient (Wildman–Crippen LogP) is 2.46. The molecule has 1 aliphatic rings. The van der Waals surface area contributed by atoms with Crippen LogP contribution < -0.4 is 0 Å². The number of phenols is 2. The predicted molar refractivity (Wildman–Crippen MR) is 95.7 cm³/mol. The second-order valence-corrected chi connectivity index (χ2v) is 6.75. The van der Waals surface area contributed by atoms with Crippen LogP contribution >= 0.6 is 15.9 Å². The lowest BCUT2D eigenvalue weighted by Crippen LogP contribution is -2.50. The summed E-state index contributed by atoms with van der Waals surface area (Å²) in [6.07, 6.45) is 0. The standard InChI is InChI=1S/C18H17BrN2O4/c19-14-3-1-2-12(8-14)17(24)20-4-6-21(7-5-20)18(25)13-9-15(22)11-16(23)10-13/h1-3,8-11,22-23H,4-7H2. The molecule has 0 bridgehead atoms. The van der Waals surface area contributed by atoms with Gasteiger partial charge in [0.1, 0.15) is 11.5 Å². The molecule has 2 aromatic carbocycles. The highest BCUT2D eigenvalue weighted by Crippen LogP contribution is 2.22. The van der Waals surface area contributed by atoms with E-state index in [9.17, 15) is 19.8 Å². The number of phenolic OH excluding ortho intramolecular Hbond substituents is 2. The van der Waals surface area contributed by atoms with Gasteiger partial charge in [-0.3, -0.25) is 9.59 Å². The fourth-order valence-electron chi connectivity index (χ4n) is 2.82. The average molecular weight is 405 g/mol. The third-order valence-electron chi connectivity index (χ3n) is 4.08. The number of carbonyl (C=O) groups is 2. The van der Waals surface area contributed by atoms with Crippen LogP contribution in [0.15, 0.2) is 46.9 Å². The maximum Gasteiger partial charge on any atom is 0.254 e. The Hall–Kier alpha value is -2.54. The summed E-state index contributed by atoms with van der Waals surface area (Å²) in [7, 11) is 0. The van der Waals surface area contributed by atoms with E-state index in [2.05, 4.69) is 15.9 Å². The van der Waals surface area contributed by atoms with Crippen LogP contribution in [0.1, 0.15) is 20.7 Å². The molecule has 6 nitrogen and oxygen atoms in total. The lowest BCUT2D eigenvalue weighted by atomic mass is 10.1. The highest BCUT2D eigenvalue weighted by molar-refractivity contribution is 9.10. The van der Waals surface area contributed by atoms with E-state index < -0.39 is 0 Å². The molecular formula is C18H17BrN2O4. The van der Waals surface area contributed by atoms with Crippen molar-refractivity contribution in [3.8, 4) is 11.5 Å². The number of rotatable bonds is 2. The van der Waals surface area contributed by atoms with E-state index >= 15 is 0 Å². The van der Waals surface area contributed by atoms with E-state index in [0.717, 1.165) is 4.47 Å². The quantitative estimate of drug-likeness (QED) is 0.805. The van der Waals surface area contributed by atoms with Gasteiger partial charge >= 0.3 is 0 Å². The van der Waals surface area contributed by atoms with Gasteiger partial charge in [0.25, 0.3) is 11.8 Å². The van der Waals surface area contributed by atoms with Gasteiger partial charge in [0.05, 0.1) is 0 Å². The first kappa shape index (κ1) is 17.3. The van der Waals surface area contributed by atoms with Crippen molar-refractivity contribution in [3.63, 3.8) is 0 Å². The zero-order valence-corrected chi connectivity index (χ0v) is 14.9. The molecule has 0 radical (unpaired) electrons. The SMILES string of the molecule is O=C(c1cc(O)cc(O)c1)N1CCN(C(=O)c2cccc(Br)c2)CC1. The molecule has 0 atom stereocenters. The van der Waals surface area contributed by atoms with E-state index in [-0.39, 0.29) is 28.9 Å². The van der Waals surface area contributed by atoms with Gasteiger partial charge in [0.15, 0.2) is 0 Å². The van der Waals surface area contributed by atoms with Crippen LogP contribution in [-0.2, 0) is 0 Å². The number of hydrogen-bond donors (Lipinski definition) is 2. The lowest BCUT2D eigenvalue weighted by molar-refractivity contribution is 0.0535. The zero-order valence-electron chi connectivity index (χ0n) is 13.4. The molecule has 0 saturated carbocycles. The maximum absolute atomic E-state index is 12.5. The fraction of sp³-hybridized carbons (Fsp3) is 0.222. The van der Waals surface area contributed by atoms with Crippen molar-refractivity contribution >= 4 is 27.7 Å². The van der Waals surface area contributed by atoms with Gasteiger partial charge in [-0.05, 0) is 30.3 Å². The topological polar surface area (TPSA) is 81.1 Å². The highest BCUT2D eigenvalue weighted by Gasteiger charge is 2.26. The molecule has 2 aromatic rings. The van der Waals surface area contributed by atoms with E-state index in [0.29, 0.717) is 31.7 Å². The van der Waals surface area contributed by atoms with E-state index in [4.69, 9.17) is 0 Å². The first-order valence-electron chi connectivity index (χ1n) is 7.81. The van der Waals surface area contributed by atoms with E-state index in [1.165, 1.54) is 18.2 Å². The van der Waals surface area contributed by atoms with Crippen LogP contribution in [0.3, 0.4) is 0 Å². The normalized spacial score (nSPS) is 14.4. The summed E-state index contributed by atoms with van der Waals surface area (Å²) in [4.78, 5) is 28.3. The number of benzene rings is 2. The minimum Gasteiger partial charge on any atom is -0.508 e. The summed E-state index contributed by atoms with van der Waals surface area (Å²) in [6.45, 7) is 1.66. The number of aromatic hydroxyl groups is 2. The van der Waals surface area contributed by atoms with Crippen LogP contribution in [-0.4, -0.2) is 58.0 Å². The average Bonchev–Trinajstić information content (AvgIpc) is 2.60. The molecule has 130 valence electrons. The van der Waals surface area contributed by atoms with Gasteiger partial charge in [-0.1, -0.05) is 22.0 Å². The molecule has 0 aliphatic carbocycles. The number of hydrogen-bond acceptors (Lipinski definition) is 4. The van der Waals surface area contributed by atoms with Crippen molar-refractivity contribution in [1.29, 1.82) is 0 Å². The Balaban J connectivity index is 1.65. The van der Waals surface area contributed by atoms with Crippen molar-refractivity contribution in [3.05, 3.63) is 58.1 Å². The monoisotopic (exact) mass is 404 g/mol. The molecule has 25 heavy (non-hydrogen) atoms. The van der Waals surface area contributed by atoms with Crippen LogP contribution in [0.25, 0.3) is 0 Å². The molecule has 0 spiro atoms. The van der Waals surface area contributed by atoms with Crippen LogP contribution in [0.2, 0.25) is 0 Å². The molecule has 0 unspecified atom stereocenters. The highest BCUT2D eigenvalue weighted by atomic mass is 79.9. The summed E-state index contributed by atoms with van der Waals surface area (Å²) in [5.41, 5.74) is 0.830. The molecular weight excluding hydrogens is 388 g/mol. The Morgan fingerprint density at radius 2 is 1.32 bits per heavy atom. The van der Waals surface area contributed by atoms with Crippen molar-refractivity contribution in [2.45, 2.75) is 0 Å². The first-order valence-corrected chi connectivity index (χ1v) is 8.60. The molecule has 2 amide bonds. The number of carbonyl (C=O) groups excluding carboxylic acids is 2. The molecule has 2 N–H and O–H groups in total. The molecule has 1 saturated heterocycles. The Labute approximate surface area is 153 Å². The third kappa shape index (κ3) is 3.93. The van der Waals surface area contributed by atoms with Gasteiger partial charge in [-0.2, -0.15) is 0 Å². The van der Waals surface area contributed by atoms with Crippen molar-refractivity contribution in [1.82, 2.24) is 9.80 Å². The summed E-state index contributed by atoms with van der Waals surface area (Å²) in [5, 5.41) is 19.0. The van der Waals surface area contributed by atoms with Gasteiger partial charge in [0, 0.05) is 47.8 Å². The van der Waals surface area contributed by atoms with Gasteiger partial charge in [0.2, 0.25) is 0 Å². The minimum atomic E-state index is -0.277. The zero-order chi connectivity index (χ0) is 18.0. The number of halogens is 1. The molecule has 0 aromatic heterocycles. The Bertz CT molecular complexity index is 796. The van der Waals surface area contributed by atoms with Gasteiger partial charge in [-0.15, -0.1) is 0 Å². The fourth-order valence-corrected chi connectivity index (χ4v) is 3.22. The minimum absolute atomic E-state index is 0.0663. The van der Waals surface area contributed by atoms with Gasteiger partial charge in [-0.25, -0.2) is 0 Å². The van der Waals surface area contributed by atoms with Crippen molar-refractivity contribution < 1.29 is 19.8 Å². The van der Waals surface area contributed by atoms with Crippen LogP contribution in [0.5, 0.6) is 11.5 Å². The molecule has 1 fully saturated rings. The second kappa shape index (κ2) is 7.14. The second-order valence-electron chi connectivity index (χ2n) is 5.83. The first-order chi connectivity index (χ1) is 11.9. The molecule has 1 heterocycles. The van der Waals surface area contributed by atoms with Crippen molar-refractivity contribution in [2.24, 2.45) is 0 Å². The van der Waals surface area contributed by atoms with Gasteiger partial charge < -0.3 is 20.0 Å². The molecule has 1 aliphatic heterocycles. The number of piperazine rings is 1. The Morgan fingerprint density at radius 3 is 1.84 bits per heavy atom. The number of nitrogens with zero attached hydrogens (tertiary/aromatic N) is 2. The molecule has 7 heteroatoms. The summed E-state index contributed by atoms with van der Waals surface area (Å²) in [5.74, 6) is -0.664. The van der Waals surface area contributed by atoms with Crippen LogP contribution in [0.4, 0.5) is 0 Å². The third-order valence-corrected chi connectivity index (χ3v) is 4.57. The largest absolute Gasteiger partial charge is 0.508 e. The van der Waals surface area contributed by atoms with E-state index in [1.54, 1.807) is 21.9 Å². The van der Waals surface area contributed by atoms with Crippen LogP contribution in [0, 0.1) is 0 Å². The molecule has 3 rings (SSSR count).